The summed E-state index contributed by atoms with van der Waals surface area (Å²) in [5.74, 6) is -0.603. The Labute approximate surface area is 344 Å². The minimum atomic E-state index is -5.14. The van der Waals surface area contributed by atoms with Crippen LogP contribution in [0.1, 0.15) is 181 Å². The van der Waals surface area contributed by atoms with Crippen LogP contribution in [0.5, 0.6) is 0 Å². The number of aliphatic hydroxyl groups is 7. The van der Waals surface area contributed by atoms with E-state index in [0.717, 1.165) is 44.9 Å². The zero-order valence-electron chi connectivity index (χ0n) is 35.3. The van der Waals surface area contributed by atoms with Gasteiger partial charge in [0.05, 0.1) is 31.3 Å². The number of nitrogens with one attached hydrogen (secondary N) is 1. The van der Waals surface area contributed by atoms with Crippen LogP contribution in [0.4, 0.5) is 0 Å². The van der Waals surface area contributed by atoms with Crippen molar-refractivity contribution in [1.82, 2.24) is 5.32 Å². The van der Waals surface area contributed by atoms with Crippen molar-refractivity contribution in [2.45, 2.75) is 236 Å². The molecule has 1 aliphatic rings. The monoisotopic (exact) mass is 836 g/mol. The lowest BCUT2D eigenvalue weighted by molar-refractivity contribution is -0.220. The SMILES string of the molecule is CCCCCCCCCC/C=C/CC/C=C/C(O)C(COP(=O)(O)OC1C(O)C(O)C(O)C(O)C1O)NC(=O)CC(O)CCCCCCCCCCCCCCC. The van der Waals surface area contributed by atoms with Crippen LogP contribution in [0.15, 0.2) is 24.3 Å². The van der Waals surface area contributed by atoms with E-state index in [-0.39, 0.29) is 6.42 Å². The van der Waals surface area contributed by atoms with Crippen LogP contribution < -0.4 is 5.32 Å². The summed E-state index contributed by atoms with van der Waals surface area (Å²) in [5, 5.41) is 74.3. The first kappa shape index (κ1) is 53.8. The van der Waals surface area contributed by atoms with Crippen molar-refractivity contribution < 1.29 is 59.0 Å². The quantitative estimate of drug-likeness (QED) is 0.0180. The Bertz CT molecular complexity index is 1080. The number of carbonyl (C=O) groups is 1. The van der Waals surface area contributed by atoms with Crippen LogP contribution in [0.3, 0.4) is 0 Å². The summed E-state index contributed by atoms with van der Waals surface area (Å²) in [6.45, 7) is 3.70. The summed E-state index contributed by atoms with van der Waals surface area (Å²) in [7, 11) is -5.14. The Balaban J connectivity index is 2.61. The Hall–Kier alpha value is -1.22. The third kappa shape index (κ3) is 25.9. The molecule has 0 spiro atoms. The minimum absolute atomic E-state index is 0.249. The third-order valence-corrected chi connectivity index (χ3v) is 11.8. The van der Waals surface area contributed by atoms with Gasteiger partial charge in [-0.25, -0.2) is 4.57 Å². The number of phosphoric acid groups is 1. The zero-order valence-corrected chi connectivity index (χ0v) is 36.1. The highest BCUT2D eigenvalue weighted by Crippen LogP contribution is 2.47. The predicted molar refractivity (Wildman–Crippen MR) is 224 cm³/mol. The fraction of sp³-hybridized carbons (Fsp3) is 0.884. The van der Waals surface area contributed by atoms with Gasteiger partial charge < -0.3 is 46.0 Å². The van der Waals surface area contributed by atoms with Crippen LogP contribution in [0.25, 0.3) is 0 Å². The molecule has 1 rings (SSSR count). The van der Waals surface area contributed by atoms with Gasteiger partial charge >= 0.3 is 7.82 Å². The molecular formula is C43H82NO12P. The van der Waals surface area contributed by atoms with Gasteiger partial charge in [-0.2, -0.15) is 0 Å². The number of unbranched alkanes of at least 4 members (excludes halogenated alkanes) is 21. The molecule has 0 heterocycles. The fourth-order valence-electron chi connectivity index (χ4n) is 7.08. The number of amides is 1. The van der Waals surface area contributed by atoms with E-state index in [4.69, 9.17) is 9.05 Å². The summed E-state index contributed by atoms with van der Waals surface area (Å²) >= 11 is 0. The molecule has 57 heavy (non-hydrogen) atoms. The first-order valence-corrected chi connectivity index (χ1v) is 23.9. The lowest BCUT2D eigenvalue weighted by atomic mass is 9.85. The number of hydrogen-bond donors (Lipinski definition) is 9. The summed E-state index contributed by atoms with van der Waals surface area (Å²) < 4.78 is 22.8. The molecule has 8 unspecified atom stereocenters. The van der Waals surface area contributed by atoms with Gasteiger partial charge in [-0.3, -0.25) is 13.8 Å². The number of hydrogen-bond acceptors (Lipinski definition) is 11. The van der Waals surface area contributed by atoms with E-state index in [1.165, 1.54) is 109 Å². The molecule has 9 N–H and O–H groups in total. The molecule has 0 aromatic carbocycles. The van der Waals surface area contributed by atoms with Gasteiger partial charge in [0.15, 0.2) is 0 Å². The van der Waals surface area contributed by atoms with Crippen LogP contribution in [0, 0.1) is 0 Å². The van der Waals surface area contributed by atoms with Crippen LogP contribution in [0.2, 0.25) is 0 Å². The largest absolute Gasteiger partial charge is 0.472 e. The van der Waals surface area contributed by atoms with Crippen molar-refractivity contribution in [3.05, 3.63) is 24.3 Å². The van der Waals surface area contributed by atoms with Gasteiger partial charge in [-0.1, -0.05) is 167 Å². The van der Waals surface area contributed by atoms with Gasteiger partial charge in [0.25, 0.3) is 0 Å². The van der Waals surface area contributed by atoms with E-state index in [1.54, 1.807) is 6.08 Å². The first-order chi connectivity index (χ1) is 27.3. The first-order valence-electron chi connectivity index (χ1n) is 22.4. The molecule has 0 aromatic heterocycles. The maximum absolute atomic E-state index is 13.0. The number of aliphatic hydroxyl groups excluding tert-OH is 7. The van der Waals surface area contributed by atoms with E-state index in [2.05, 4.69) is 31.3 Å². The molecule has 1 aliphatic carbocycles. The maximum Gasteiger partial charge on any atom is 0.472 e. The molecule has 1 fully saturated rings. The molecule has 0 aliphatic heterocycles. The molecule has 13 nitrogen and oxygen atoms in total. The van der Waals surface area contributed by atoms with Crippen molar-refractivity contribution in [2.75, 3.05) is 6.61 Å². The molecule has 14 heteroatoms. The molecule has 8 atom stereocenters. The molecule has 1 amide bonds. The Morgan fingerprint density at radius 2 is 1.04 bits per heavy atom. The summed E-state index contributed by atoms with van der Waals surface area (Å²) in [6, 6.07) is -1.25. The Morgan fingerprint density at radius 3 is 1.54 bits per heavy atom. The normalized spacial score (nSPS) is 24.2. The molecule has 0 saturated heterocycles. The van der Waals surface area contributed by atoms with Gasteiger partial charge in [-0.05, 0) is 32.1 Å². The standard InChI is InChI=1S/C43H82NO12P/c1-3-5-7-9-11-13-15-17-19-21-23-25-27-29-31-36(46)35(33-55-57(53,54)56-43-41(51)39(49)38(48)40(50)42(43)52)44-37(47)32-34(45)30-28-26-24-22-20-18-16-14-12-10-8-6-4-2/h21,23,29,31,34-36,38-43,45-46,48-52H,3-20,22,24-28,30,32-33H2,1-2H3,(H,44,47)(H,53,54)/b23-21+,31-29+. The highest BCUT2D eigenvalue weighted by atomic mass is 31.2. The van der Waals surface area contributed by atoms with E-state index < -0.39 is 75.2 Å². The third-order valence-electron chi connectivity index (χ3n) is 10.8. The van der Waals surface area contributed by atoms with Crippen molar-refractivity contribution in [2.24, 2.45) is 0 Å². The predicted octanol–water partition coefficient (Wildman–Crippen LogP) is 6.81. The van der Waals surface area contributed by atoms with E-state index in [0.29, 0.717) is 12.8 Å². The average Bonchev–Trinajstić information content (AvgIpc) is 3.18. The summed E-state index contributed by atoms with van der Waals surface area (Å²) in [5.41, 5.74) is 0. The highest BCUT2D eigenvalue weighted by molar-refractivity contribution is 7.47. The smallest absolute Gasteiger partial charge is 0.393 e. The van der Waals surface area contributed by atoms with Gasteiger partial charge in [0, 0.05) is 0 Å². The van der Waals surface area contributed by atoms with E-state index in [1.807, 2.05) is 0 Å². The van der Waals surface area contributed by atoms with Crippen molar-refractivity contribution in [3.8, 4) is 0 Å². The molecule has 1 saturated carbocycles. The fourth-order valence-corrected chi connectivity index (χ4v) is 8.05. The van der Waals surface area contributed by atoms with Crippen molar-refractivity contribution >= 4 is 13.7 Å². The highest BCUT2D eigenvalue weighted by Gasteiger charge is 2.51. The van der Waals surface area contributed by atoms with Gasteiger partial charge in [-0.15, -0.1) is 0 Å². The second-order valence-electron chi connectivity index (χ2n) is 16.1. The van der Waals surface area contributed by atoms with Crippen LogP contribution >= 0.6 is 7.82 Å². The number of carbonyl (C=O) groups excluding carboxylic acids is 1. The summed E-state index contributed by atoms with van der Waals surface area (Å²) in [6.07, 6.45) is 21.3. The van der Waals surface area contributed by atoms with Crippen LogP contribution in [-0.4, -0.2) is 108 Å². The lowest BCUT2D eigenvalue weighted by Crippen LogP contribution is -2.64. The van der Waals surface area contributed by atoms with Gasteiger partial charge in [0.2, 0.25) is 5.91 Å². The summed E-state index contributed by atoms with van der Waals surface area (Å²) in [4.78, 5) is 23.4. The molecular weight excluding hydrogens is 753 g/mol. The van der Waals surface area contributed by atoms with E-state index in [9.17, 15) is 50.0 Å². The van der Waals surface area contributed by atoms with Crippen molar-refractivity contribution in [1.29, 1.82) is 0 Å². The van der Waals surface area contributed by atoms with E-state index >= 15 is 0 Å². The molecule has 336 valence electrons. The Morgan fingerprint density at radius 1 is 0.614 bits per heavy atom. The minimum Gasteiger partial charge on any atom is -0.393 e. The van der Waals surface area contributed by atoms with Crippen molar-refractivity contribution in [3.63, 3.8) is 0 Å². The molecule has 0 radical (unpaired) electrons. The zero-order chi connectivity index (χ0) is 42.3. The Kier molecular flexibility index (Phi) is 31.6. The second kappa shape index (κ2) is 33.5. The number of allylic oxidation sites excluding steroid dienone is 3. The number of rotatable bonds is 36. The average molecular weight is 836 g/mol. The molecule has 0 aromatic rings. The van der Waals surface area contributed by atoms with Crippen LogP contribution in [-0.2, 0) is 18.4 Å². The van der Waals surface area contributed by atoms with Gasteiger partial charge in [0.1, 0.15) is 36.6 Å². The lowest BCUT2D eigenvalue weighted by Gasteiger charge is -2.41. The number of phosphoric ester groups is 1. The topological polar surface area (TPSA) is 226 Å². The maximum atomic E-state index is 13.0. The second-order valence-corrected chi connectivity index (χ2v) is 17.5. The molecule has 0 bridgehead atoms.